The minimum atomic E-state index is -1.23. The third kappa shape index (κ3) is 4.31. The molecule has 1 heterocycles. The molecule has 2 N–H and O–H groups in total. The molecule has 0 amide bonds. The number of carbonyl (C=O) groups is 1. The van der Waals surface area contributed by atoms with Gasteiger partial charge < -0.3 is 19.7 Å². The molecule has 0 aromatic heterocycles. The average molecular weight is 268 g/mol. The van der Waals surface area contributed by atoms with E-state index in [-0.39, 0.29) is 6.42 Å². The van der Waals surface area contributed by atoms with Gasteiger partial charge in [0.15, 0.2) is 6.29 Å². The van der Waals surface area contributed by atoms with Gasteiger partial charge in [-0.2, -0.15) is 0 Å². The summed E-state index contributed by atoms with van der Waals surface area (Å²) in [5.41, 5.74) is 0.366. The fraction of sp³-hybridized carbons (Fsp3) is 0.500. The van der Waals surface area contributed by atoms with Crippen molar-refractivity contribution in [3.05, 3.63) is 36.5 Å². The molecule has 5 heteroatoms. The van der Waals surface area contributed by atoms with Gasteiger partial charge >= 0.3 is 5.97 Å². The molecule has 0 saturated carbocycles. The van der Waals surface area contributed by atoms with Gasteiger partial charge in [-0.05, 0) is 19.9 Å². The molecule has 0 aromatic rings. The van der Waals surface area contributed by atoms with Gasteiger partial charge in [0.05, 0.1) is 11.7 Å². The fourth-order valence-electron chi connectivity index (χ4n) is 1.79. The standard InChI is InChI=1S/C14H20O5/c1-4-6-10(7-5-2)13(16)19-12-8-11(15)14(17)18-9(12)3/h4-7,9,11-12,14-15,17H,1,8H2,2-3H3/b7-5-,10-6+. The number of aliphatic hydroxyl groups is 2. The molecule has 4 unspecified atom stereocenters. The van der Waals surface area contributed by atoms with Crippen LogP contribution in [0.5, 0.6) is 0 Å². The van der Waals surface area contributed by atoms with Crippen molar-refractivity contribution in [2.75, 3.05) is 0 Å². The highest BCUT2D eigenvalue weighted by Gasteiger charge is 2.36. The number of esters is 1. The van der Waals surface area contributed by atoms with Crippen LogP contribution in [0.15, 0.2) is 36.5 Å². The van der Waals surface area contributed by atoms with Crippen LogP contribution in [0.25, 0.3) is 0 Å². The summed E-state index contributed by atoms with van der Waals surface area (Å²) < 4.78 is 10.4. The molecule has 0 radical (unpaired) electrons. The van der Waals surface area contributed by atoms with Crippen LogP contribution in [0.2, 0.25) is 0 Å². The molecule has 1 aliphatic heterocycles. The number of hydrogen-bond acceptors (Lipinski definition) is 5. The fourth-order valence-corrected chi connectivity index (χ4v) is 1.79. The van der Waals surface area contributed by atoms with Gasteiger partial charge in [0, 0.05) is 6.42 Å². The maximum absolute atomic E-state index is 11.9. The third-order valence-corrected chi connectivity index (χ3v) is 2.82. The van der Waals surface area contributed by atoms with E-state index in [0.29, 0.717) is 5.57 Å². The molecule has 0 aromatic carbocycles. The maximum atomic E-state index is 11.9. The van der Waals surface area contributed by atoms with Crippen LogP contribution in [0.4, 0.5) is 0 Å². The highest BCUT2D eigenvalue weighted by molar-refractivity contribution is 5.92. The van der Waals surface area contributed by atoms with E-state index in [2.05, 4.69) is 6.58 Å². The van der Waals surface area contributed by atoms with E-state index >= 15 is 0 Å². The zero-order chi connectivity index (χ0) is 14.4. The van der Waals surface area contributed by atoms with Gasteiger partial charge in [-0.15, -0.1) is 0 Å². The zero-order valence-electron chi connectivity index (χ0n) is 11.2. The maximum Gasteiger partial charge on any atom is 0.338 e. The number of ether oxygens (including phenoxy) is 2. The first-order valence-electron chi connectivity index (χ1n) is 6.17. The van der Waals surface area contributed by atoms with Crippen molar-refractivity contribution in [2.24, 2.45) is 0 Å². The van der Waals surface area contributed by atoms with Gasteiger partial charge in [-0.1, -0.05) is 24.8 Å². The second kappa shape index (κ2) is 7.23. The van der Waals surface area contributed by atoms with E-state index in [4.69, 9.17) is 9.47 Å². The van der Waals surface area contributed by atoms with Crippen molar-refractivity contribution in [3.63, 3.8) is 0 Å². The van der Waals surface area contributed by atoms with Crippen LogP contribution in [0.1, 0.15) is 20.3 Å². The van der Waals surface area contributed by atoms with Crippen molar-refractivity contribution in [1.82, 2.24) is 0 Å². The highest BCUT2D eigenvalue weighted by Crippen LogP contribution is 2.22. The van der Waals surface area contributed by atoms with Gasteiger partial charge in [0.25, 0.3) is 0 Å². The Morgan fingerprint density at radius 2 is 2.16 bits per heavy atom. The van der Waals surface area contributed by atoms with Crippen molar-refractivity contribution in [1.29, 1.82) is 0 Å². The number of carbonyl (C=O) groups excluding carboxylic acids is 1. The normalized spacial score (nSPS) is 32.3. The van der Waals surface area contributed by atoms with Gasteiger partial charge in [0.1, 0.15) is 12.2 Å². The first-order chi connectivity index (χ1) is 8.99. The molecule has 5 nitrogen and oxygen atoms in total. The Labute approximate surface area is 112 Å². The molecular weight excluding hydrogens is 248 g/mol. The van der Waals surface area contributed by atoms with Crippen LogP contribution in [-0.2, 0) is 14.3 Å². The quantitative estimate of drug-likeness (QED) is 0.453. The number of allylic oxidation sites excluding steroid dienone is 3. The first-order valence-corrected chi connectivity index (χ1v) is 6.17. The van der Waals surface area contributed by atoms with Crippen LogP contribution >= 0.6 is 0 Å². The van der Waals surface area contributed by atoms with E-state index in [0.717, 1.165) is 0 Å². The molecule has 1 rings (SSSR count). The molecule has 0 spiro atoms. The lowest BCUT2D eigenvalue weighted by atomic mass is 10.0. The summed E-state index contributed by atoms with van der Waals surface area (Å²) in [7, 11) is 0. The van der Waals surface area contributed by atoms with E-state index in [1.54, 1.807) is 32.1 Å². The molecule has 1 fully saturated rings. The predicted octanol–water partition coefficient (Wildman–Crippen LogP) is 1.07. The summed E-state index contributed by atoms with van der Waals surface area (Å²) in [4.78, 5) is 11.9. The van der Waals surface area contributed by atoms with Gasteiger partial charge in [0.2, 0.25) is 0 Å². The Kier molecular flexibility index (Phi) is 5.95. The number of rotatable bonds is 4. The molecule has 19 heavy (non-hydrogen) atoms. The summed E-state index contributed by atoms with van der Waals surface area (Å²) >= 11 is 0. The minimum Gasteiger partial charge on any atom is -0.456 e. The predicted molar refractivity (Wildman–Crippen MR) is 70.2 cm³/mol. The van der Waals surface area contributed by atoms with Crippen LogP contribution in [0.3, 0.4) is 0 Å². The first kappa shape index (κ1) is 15.6. The molecular formula is C14H20O5. The Balaban J connectivity index is 2.70. The summed E-state index contributed by atoms with van der Waals surface area (Å²) in [6, 6.07) is 0. The van der Waals surface area contributed by atoms with Crippen molar-refractivity contribution in [3.8, 4) is 0 Å². The Bertz CT molecular complexity index is 385. The summed E-state index contributed by atoms with van der Waals surface area (Å²) in [6.07, 6.45) is 3.16. The third-order valence-electron chi connectivity index (χ3n) is 2.82. The topological polar surface area (TPSA) is 76.0 Å². The molecule has 106 valence electrons. The SMILES string of the molecule is C=C/C=C(\C=C/C)C(=O)OC1CC(O)C(O)OC1C. The lowest BCUT2D eigenvalue weighted by molar-refractivity contribution is -0.245. The smallest absolute Gasteiger partial charge is 0.338 e. The lowest BCUT2D eigenvalue weighted by Crippen LogP contribution is -2.47. The van der Waals surface area contributed by atoms with E-state index < -0.39 is 30.6 Å². The summed E-state index contributed by atoms with van der Waals surface area (Å²) in [5, 5.41) is 18.8. The second-order valence-corrected chi connectivity index (χ2v) is 4.34. The Morgan fingerprint density at radius 1 is 1.47 bits per heavy atom. The number of hydrogen-bond donors (Lipinski definition) is 2. The number of aliphatic hydroxyl groups excluding tert-OH is 2. The minimum absolute atomic E-state index is 0.144. The van der Waals surface area contributed by atoms with Crippen LogP contribution < -0.4 is 0 Å². The summed E-state index contributed by atoms with van der Waals surface area (Å²) in [5.74, 6) is -0.512. The zero-order valence-corrected chi connectivity index (χ0v) is 11.2. The van der Waals surface area contributed by atoms with E-state index in [9.17, 15) is 15.0 Å². The van der Waals surface area contributed by atoms with E-state index in [1.165, 1.54) is 6.08 Å². The Hall–Kier alpha value is -1.43. The van der Waals surface area contributed by atoms with E-state index in [1.807, 2.05) is 0 Å². The largest absolute Gasteiger partial charge is 0.456 e. The monoisotopic (exact) mass is 268 g/mol. The highest BCUT2D eigenvalue weighted by atomic mass is 16.6. The Morgan fingerprint density at radius 3 is 2.74 bits per heavy atom. The molecule has 0 aliphatic carbocycles. The molecule has 1 aliphatic rings. The average Bonchev–Trinajstić information content (AvgIpc) is 2.35. The van der Waals surface area contributed by atoms with Gasteiger partial charge in [-0.25, -0.2) is 4.79 Å². The van der Waals surface area contributed by atoms with Crippen molar-refractivity contribution < 1.29 is 24.5 Å². The van der Waals surface area contributed by atoms with Crippen LogP contribution in [-0.4, -0.2) is 40.8 Å². The molecule has 4 atom stereocenters. The molecule has 1 saturated heterocycles. The van der Waals surface area contributed by atoms with Crippen molar-refractivity contribution in [2.45, 2.75) is 44.9 Å². The molecule has 0 bridgehead atoms. The lowest BCUT2D eigenvalue weighted by Gasteiger charge is -2.34. The summed E-state index contributed by atoms with van der Waals surface area (Å²) in [6.45, 7) is 7.00. The second-order valence-electron chi connectivity index (χ2n) is 4.34. The van der Waals surface area contributed by atoms with Crippen LogP contribution in [0, 0.1) is 0 Å². The van der Waals surface area contributed by atoms with Gasteiger partial charge in [-0.3, -0.25) is 0 Å². The van der Waals surface area contributed by atoms with Crippen molar-refractivity contribution >= 4 is 5.97 Å².